The Kier molecular flexibility index (Phi) is 7.60. The first-order chi connectivity index (χ1) is 14.9. The summed E-state index contributed by atoms with van der Waals surface area (Å²) in [6.07, 6.45) is 1.49. The molecule has 0 radical (unpaired) electrons. The SMILES string of the molecule is O=C(COc1ccccc1)NCCN1C(=O)S/C(=C/c2ccc(OC(F)F)cc2)C1=O. The Hall–Kier alpha value is -3.40. The number of imide groups is 1. The van der Waals surface area contributed by atoms with Crippen LogP contribution in [0.5, 0.6) is 11.5 Å². The van der Waals surface area contributed by atoms with Gasteiger partial charge in [0, 0.05) is 13.1 Å². The van der Waals surface area contributed by atoms with Crippen molar-refractivity contribution in [1.82, 2.24) is 10.2 Å². The number of amides is 3. The number of alkyl halides is 2. The number of benzene rings is 2. The molecule has 0 bridgehead atoms. The van der Waals surface area contributed by atoms with Gasteiger partial charge in [0.1, 0.15) is 11.5 Å². The van der Waals surface area contributed by atoms with Crippen molar-refractivity contribution >= 4 is 34.9 Å². The molecule has 0 atom stereocenters. The predicted octanol–water partition coefficient (Wildman–Crippen LogP) is 3.52. The zero-order valence-corrected chi connectivity index (χ0v) is 16.9. The van der Waals surface area contributed by atoms with E-state index in [1.807, 2.05) is 6.07 Å². The summed E-state index contributed by atoms with van der Waals surface area (Å²) in [4.78, 5) is 37.7. The number of halogens is 2. The number of hydrogen-bond donors (Lipinski definition) is 1. The Morgan fingerprint density at radius 2 is 1.77 bits per heavy atom. The van der Waals surface area contributed by atoms with Crippen molar-refractivity contribution in [3.8, 4) is 11.5 Å². The third-order valence-corrected chi connectivity index (χ3v) is 4.95. The van der Waals surface area contributed by atoms with Gasteiger partial charge in [-0.05, 0) is 47.7 Å². The van der Waals surface area contributed by atoms with E-state index in [-0.39, 0.29) is 36.3 Å². The maximum absolute atomic E-state index is 12.5. The molecular weight excluding hydrogens is 430 g/mol. The molecule has 3 rings (SSSR count). The first-order valence-electron chi connectivity index (χ1n) is 9.17. The van der Waals surface area contributed by atoms with Gasteiger partial charge < -0.3 is 14.8 Å². The van der Waals surface area contributed by atoms with Gasteiger partial charge in [-0.15, -0.1) is 0 Å². The van der Waals surface area contributed by atoms with Crippen molar-refractivity contribution in [2.75, 3.05) is 19.7 Å². The number of hydrogen-bond acceptors (Lipinski definition) is 6. The van der Waals surface area contributed by atoms with Crippen LogP contribution in [0.1, 0.15) is 5.56 Å². The second-order valence-corrected chi connectivity index (χ2v) is 7.23. The molecule has 7 nitrogen and oxygen atoms in total. The van der Waals surface area contributed by atoms with Crippen molar-refractivity contribution in [2.24, 2.45) is 0 Å². The van der Waals surface area contributed by atoms with Crippen LogP contribution in [-0.4, -0.2) is 48.3 Å². The Bertz CT molecular complexity index is 967. The Morgan fingerprint density at radius 3 is 2.45 bits per heavy atom. The van der Waals surface area contributed by atoms with Gasteiger partial charge in [-0.25, -0.2) is 0 Å². The van der Waals surface area contributed by atoms with E-state index < -0.39 is 17.8 Å². The van der Waals surface area contributed by atoms with E-state index in [0.29, 0.717) is 11.3 Å². The number of ether oxygens (including phenoxy) is 2. The molecule has 2 aromatic carbocycles. The van der Waals surface area contributed by atoms with Gasteiger partial charge in [-0.2, -0.15) is 8.78 Å². The van der Waals surface area contributed by atoms with E-state index in [1.165, 1.54) is 30.3 Å². The van der Waals surface area contributed by atoms with Gasteiger partial charge >= 0.3 is 6.61 Å². The lowest BCUT2D eigenvalue weighted by Crippen LogP contribution is -2.38. The minimum absolute atomic E-state index is 0.00719. The average molecular weight is 448 g/mol. The fourth-order valence-corrected chi connectivity index (χ4v) is 3.48. The molecule has 162 valence electrons. The lowest BCUT2D eigenvalue weighted by atomic mass is 10.2. The third-order valence-electron chi connectivity index (χ3n) is 4.05. The van der Waals surface area contributed by atoms with Crippen molar-refractivity contribution < 1.29 is 32.6 Å². The molecule has 0 aliphatic carbocycles. The highest BCUT2D eigenvalue weighted by Gasteiger charge is 2.34. The fraction of sp³-hybridized carbons (Fsp3) is 0.190. The molecule has 1 saturated heterocycles. The maximum atomic E-state index is 12.5. The van der Waals surface area contributed by atoms with E-state index in [4.69, 9.17) is 4.74 Å². The predicted molar refractivity (Wildman–Crippen MR) is 111 cm³/mol. The molecule has 1 fully saturated rings. The molecule has 1 heterocycles. The van der Waals surface area contributed by atoms with Gasteiger partial charge in [0.05, 0.1) is 4.91 Å². The van der Waals surface area contributed by atoms with Crippen LogP contribution in [0.4, 0.5) is 13.6 Å². The summed E-state index contributed by atoms with van der Waals surface area (Å²) in [5, 5.41) is 2.14. The number of carbonyl (C=O) groups is 3. The summed E-state index contributed by atoms with van der Waals surface area (Å²) in [7, 11) is 0. The smallest absolute Gasteiger partial charge is 0.387 e. The monoisotopic (exact) mass is 448 g/mol. The average Bonchev–Trinajstić information content (AvgIpc) is 3.01. The standard InChI is InChI=1S/C21H18F2N2O5S/c22-20(23)30-16-8-6-14(7-9-16)12-17-19(27)25(21(28)31-17)11-10-24-18(26)13-29-15-4-2-1-3-5-15/h1-9,12,20H,10-11,13H2,(H,24,26)/b17-12+. The highest BCUT2D eigenvalue weighted by molar-refractivity contribution is 8.18. The molecule has 1 N–H and O–H groups in total. The van der Waals surface area contributed by atoms with Crippen LogP contribution in [-0.2, 0) is 9.59 Å². The lowest BCUT2D eigenvalue weighted by molar-refractivity contribution is -0.125. The summed E-state index contributed by atoms with van der Waals surface area (Å²) in [6.45, 7) is -3.01. The molecule has 1 aliphatic heterocycles. The molecular formula is C21H18F2N2O5S. The van der Waals surface area contributed by atoms with Gasteiger partial charge in [0.15, 0.2) is 6.61 Å². The molecule has 2 aromatic rings. The van der Waals surface area contributed by atoms with Crippen molar-refractivity contribution in [1.29, 1.82) is 0 Å². The maximum Gasteiger partial charge on any atom is 0.387 e. The highest BCUT2D eigenvalue weighted by atomic mass is 32.2. The van der Waals surface area contributed by atoms with Gasteiger partial charge in [0.25, 0.3) is 17.1 Å². The fourth-order valence-electron chi connectivity index (χ4n) is 2.61. The minimum atomic E-state index is -2.92. The molecule has 10 heteroatoms. The zero-order chi connectivity index (χ0) is 22.2. The Labute approximate surface area is 181 Å². The quantitative estimate of drug-likeness (QED) is 0.591. The van der Waals surface area contributed by atoms with Crippen LogP contribution >= 0.6 is 11.8 Å². The summed E-state index contributed by atoms with van der Waals surface area (Å²) in [6, 6.07) is 14.5. The van der Waals surface area contributed by atoms with E-state index in [1.54, 1.807) is 24.3 Å². The minimum Gasteiger partial charge on any atom is -0.484 e. The summed E-state index contributed by atoms with van der Waals surface area (Å²) >= 11 is 0.768. The molecule has 0 unspecified atom stereocenters. The lowest BCUT2D eigenvalue weighted by Gasteiger charge is -2.13. The summed E-state index contributed by atoms with van der Waals surface area (Å²) in [5.41, 5.74) is 0.554. The molecule has 0 aromatic heterocycles. The van der Waals surface area contributed by atoms with Crippen LogP contribution in [0.2, 0.25) is 0 Å². The molecule has 3 amide bonds. The van der Waals surface area contributed by atoms with E-state index in [9.17, 15) is 23.2 Å². The second kappa shape index (κ2) is 10.6. The van der Waals surface area contributed by atoms with Crippen LogP contribution in [0.25, 0.3) is 6.08 Å². The summed E-state index contributed by atoms with van der Waals surface area (Å²) < 4.78 is 34.0. The number of nitrogens with zero attached hydrogens (tertiary/aromatic N) is 1. The normalized spacial score (nSPS) is 14.9. The first-order valence-corrected chi connectivity index (χ1v) is 9.99. The molecule has 0 saturated carbocycles. The van der Waals surface area contributed by atoms with Gasteiger partial charge in [-0.3, -0.25) is 19.3 Å². The second-order valence-electron chi connectivity index (χ2n) is 6.23. The number of thioether (sulfide) groups is 1. The number of carbonyl (C=O) groups excluding carboxylic acids is 3. The van der Waals surface area contributed by atoms with Crippen molar-refractivity contribution in [3.63, 3.8) is 0 Å². The van der Waals surface area contributed by atoms with Crippen LogP contribution in [0.15, 0.2) is 59.5 Å². The van der Waals surface area contributed by atoms with Gasteiger partial charge in [-0.1, -0.05) is 30.3 Å². The van der Waals surface area contributed by atoms with E-state index in [2.05, 4.69) is 10.1 Å². The Morgan fingerprint density at radius 1 is 1.06 bits per heavy atom. The first kappa shape index (κ1) is 22.3. The zero-order valence-electron chi connectivity index (χ0n) is 16.1. The van der Waals surface area contributed by atoms with Gasteiger partial charge in [0.2, 0.25) is 0 Å². The highest BCUT2D eigenvalue weighted by Crippen LogP contribution is 2.32. The van der Waals surface area contributed by atoms with E-state index in [0.717, 1.165) is 16.7 Å². The van der Waals surface area contributed by atoms with E-state index >= 15 is 0 Å². The Balaban J connectivity index is 1.48. The van der Waals surface area contributed by atoms with Crippen molar-refractivity contribution in [2.45, 2.75) is 6.61 Å². The van der Waals surface area contributed by atoms with Crippen molar-refractivity contribution in [3.05, 3.63) is 65.1 Å². The van der Waals surface area contributed by atoms with Crippen LogP contribution in [0.3, 0.4) is 0 Å². The molecule has 31 heavy (non-hydrogen) atoms. The third kappa shape index (κ3) is 6.54. The summed E-state index contributed by atoms with van der Waals surface area (Å²) in [5.74, 6) is -0.315. The number of para-hydroxylation sites is 1. The number of nitrogens with one attached hydrogen (secondary N) is 1. The van der Waals surface area contributed by atoms with Crippen LogP contribution < -0.4 is 14.8 Å². The number of rotatable bonds is 9. The van der Waals surface area contributed by atoms with Crippen LogP contribution in [0, 0.1) is 0 Å². The topological polar surface area (TPSA) is 84.9 Å². The molecule has 0 spiro atoms. The molecule has 1 aliphatic rings. The largest absolute Gasteiger partial charge is 0.484 e.